The highest BCUT2D eigenvalue weighted by molar-refractivity contribution is 7.15. The van der Waals surface area contributed by atoms with Crippen molar-refractivity contribution in [3.63, 3.8) is 0 Å². The van der Waals surface area contributed by atoms with Crippen LogP contribution in [0.4, 0.5) is 14.3 Å². The summed E-state index contributed by atoms with van der Waals surface area (Å²) in [7, 11) is 0. The molecule has 0 unspecified atom stereocenters. The minimum Gasteiger partial charge on any atom is -0.381 e. The first-order valence-electron chi connectivity index (χ1n) is 9.34. The number of aromatic nitrogens is 3. The molecule has 2 aromatic rings. The van der Waals surface area contributed by atoms with E-state index in [0.717, 1.165) is 49.5 Å². The Labute approximate surface area is 160 Å². The average molecular weight is 389 g/mol. The van der Waals surface area contributed by atoms with E-state index >= 15 is 0 Å². The molecule has 0 spiro atoms. The Morgan fingerprint density at radius 1 is 1.26 bits per heavy atom. The van der Waals surface area contributed by atoms with E-state index in [1.54, 1.807) is 0 Å². The fourth-order valence-corrected chi connectivity index (χ4v) is 5.38. The zero-order chi connectivity index (χ0) is 18.4. The number of carbonyl (C=O) groups excluding carboxylic acids is 1. The van der Waals surface area contributed by atoms with Gasteiger partial charge in [-0.05, 0) is 43.7 Å². The van der Waals surface area contributed by atoms with Crippen molar-refractivity contribution in [3.05, 3.63) is 34.3 Å². The Balaban J connectivity index is 1.33. The standard InChI is InChI=1S/C18H20FN5O2S/c19-15-13-9-11-1-2-14(12(13)3-6-20-15)24(11)18(25)21-17-23-22-16(27-17)10-4-7-26-8-5-10/h3,6,10-11,14H,1-2,4-5,7-9H2,(H,21,23,25)/t11-,14+/m1/s1. The molecule has 2 aromatic heterocycles. The number of carbonyl (C=O) groups is 1. The van der Waals surface area contributed by atoms with Crippen LogP contribution in [0.2, 0.25) is 0 Å². The maximum absolute atomic E-state index is 14.0. The van der Waals surface area contributed by atoms with Gasteiger partial charge in [0.25, 0.3) is 0 Å². The van der Waals surface area contributed by atoms with Crippen molar-refractivity contribution in [2.45, 2.75) is 50.1 Å². The van der Waals surface area contributed by atoms with Gasteiger partial charge in [0.2, 0.25) is 11.1 Å². The third-order valence-electron chi connectivity index (χ3n) is 5.80. The van der Waals surface area contributed by atoms with E-state index in [1.807, 2.05) is 11.0 Å². The van der Waals surface area contributed by atoms with E-state index in [0.29, 0.717) is 23.0 Å². The third-order valence-corrected chi connectivity index (χ3v) is 6.80. The second kappa shape index (κ2) is 6.79. The van der Waals surface area contributed by atoms with Gasteiger partial charge >= 0.3 is 6.03 Å². The van der Waals surface area contributed by atoms with Crippen molar-refractivity contribution in [2.24, 2.45) is 0 Å². The number of anilines is 1. The Kier molecular flexibility index (Phi) is 4.28. The Morgan fingerprint density at radius 2 is 2.11 bits per heavy atom. The fraction of sp³-hybridized carbons (Fsp3) is 0.556. The van der Waals surface area contributed by atoms with Crippen LogP contribution < -0.4 is 5.32 Å². The van der Waals surface area contributed by atoms with Gasteiger partial charge in [0, 0.05) is 36.9 Å². The van der Waals surface area contributed by atoms with E-state index in [9.17, 15) is 9.18 Å². The molecule has 5 rings (SSSR count). The zero-order valence-electron chi connectivity index (χ0n) is 14.7. The summed E-state index contributed by atoms with van der Waals surface area (Å²) in [5, 5.41) is 12.8. The summed E-state index contributed by atoms with van der Waals surface area (Å²) in [4.78, 5) is 18.5. The first-order valence-corrected chi connectivity index (χ1v) is 10.2. The lowest BCUT2D eigenvalue weighted by Gasteiger charge is -2.35. The van der Waals surface area contributed by atoms with E-state index in [2.05, 4.69) is 20.5 Å². The zero-order valence-corrected chi connectivity index (χ0v) is 15.5. The maximum Gasteiger partial charge on any atom is 0.324 e. The van der Waals surface area contributed by atoms with E-state index in [1.165, 1.54) is 17.5 Å². The van der Waals surface area contributed by atoms with Gasteiger partial charge in [-0.3, -0.25) is 5.32 Å². The van der Waals surface area contributed by atoms with Gasteiger partial charge in [0.05, 0.1) is 6.04 Å². The summed E-state index contributed by atoms with van der Waals surface area (Å²) >= 11 is 1.44. The predicted molar refractivity (Wildman–Crippen MR) is 97.2 cm³/mol. The fourth-order valence-electron chi connectivity index (χ4n) is 4.48. The molecule has 27 heavy (non-hydrogen) atoms. The molecule has 7 nitrogen and oxygen atoms in total. The summed E-state index contributed by atoms with van der Waals surface area (Å²) in [5.41, 5.74) is 1.54. The van der Waals surface area contributed by atoms with Crippen LogP contribution in [-0.2, 0) is 11.2 Å². The van der Waals surface area contributed by atoms with Gasteiger partial charge in [-0.15, -0.1) is 10.2 Å². The number of ether oxygens (including phenoxy) is 1. The summed E-state index contributed by atoms with van der Waals surface area (Å²) in [5.74, 6) is -0.0508. The lowest BCUT2D eigenvalue weighted by molar-refractivity contribution is 0.0851. The smallest absolute Gasteiger partial charge is 0.324 e. The summed E-state index contributed by atoms with van der Waals surface area (Å²) in [6.07, 6.45) is 5.59. The first kappa shape index (κ1) is 17.0. The largest absolute Gasteiger partial charge is 0.381 e. The molecule has 142 valence electrons. The number of nitrogens with zero attached hydrogens (tertiary/aromatic N) is 4. The van der Waals surface area contributed by atoms with Crippen molar-refractivity contribution in [3.8, 4) is 0 Å². The minimum atomic E-state index is -0.408. The molecule has 0 saturated carbocycles. The third kappa shape index (κ3) is 2.98. The topological polar surface area (TPSA) is 80.2 Å². The number of fused-ring (bicyclic) bond motifs is 4. The van der Waals surface area contributed by atoms with E-state index in [4.69, 9.17) is 4.74 Å². The molecule has 2 saturated heterocycles. The molecule has 2 bridgehead atoms. The number of hydrogen-bond donors (Lipinski definition) is 1. The quantitative estimate of drug-likeness (QED) is 0.798. The molecule has 5 heterocycles. The Bertz CT molecular complexity index is 869. The van der Waals surface area contributed by atoms with Crippen LogP contribution in [0, 0.1) is 5.95 Å². The van der Waals surface area contributed by atoms with Crippen molar-refractivity contribution in [2.75, 3.05) is 18.5 Å². The molecule has 0 radical (unpaired) electrons. The van der Waals surface area contributed by atoms with E-state index in [-0.39, 0.29) is 18.1 Å². The number of urea groups is 1. The van der Waals surface area contributed by atoms with Crippen LogP contribution in [0.1, 0.15) is 53.8 Å². The van der Waals surface area contributed by atoms with Gasteiger partial charge in [-0.25, -0.2) is 9.78 Å². The van der Waals surface area contributed by atoms with Crippen molar-refractivity contribution in [1.29, 1.82) is 0 Å². The van der Waals surface area contributed by atoms with Gasteiger partial charge < -0.3 is 9.64 Å². The summed E-state index contributed by atoms with van der Waals surface area (Å²) < 4.78 is 19.4. The average Bonchev–Trinajstić information content (AvgIpc) is 3.27. The molecule has 1 N–H and O–H groups in total. The highest BCUT2D eigenvalue weighted by Gasteiger charge is 2.43. The van der Waals surface area contributed by atoms with Gasteiger partial charge in [0.15, 0.2) is 0 Å². The second-order valence-corrected chi connectivity index (χ2v) is 8.30. The van der Waals surface area contributed by atoms with Crippen LogP contribution in [0.25, 0.3) is 0 Å². The SMILES string of the molecule is O=C(Nc1nnc(C2CCOCC2)s1)N1[C@@H]2CC[C@H]1c1ccnc(F)c1C2. The lowest BCUT2D eigenvalue weighted by atomic mass is 9.95. The predicted octanol–water partition coefficient (Wildman–Crippen LogP) is 3.26. The molecular formula is C18H20FN5O2S. The lowest BCUT2D eigenvalue weighted by Crippen LogP contribution is -2.44. The summed E-state index contributed by atoms with van der Waals surface area (Å²) in [6, 6.07) is 1.56. The number of amides is 2. The molecule has 3 aliphatic rings. The van der Waals surface area contributed by atoms with Crippen LogP contribution >= 0.6 is 11.3 Å². The van der Waals surface area contributed by atoms with Gasteiger partial charge in [-0.2, -0.15) is 4.39 Å². The molecule has 3 aliphatic heterocycles. The van der Waals surface area contributed by atoms with Crippen LogP contribution in [-0.4, -0.2) is 45.4 Å². The number of halogens is 1. The maximum atomic E-state index is 14.0. The highest BCUT2D eigenvalue weighted by Crippen LogP contribution is 2.44. The van der Waals surface area contributed by atoms with Crippen LogP contribution in [0.5, 0.6) is 0 Å². The van der Waals surface area contributed by atoms with Gasteiger partial charge in [-0.1, -0.05) is 11.3 Å². The number of rotatable bonds is 2. The van der Waals surface area contributed by atoms with Crippen molar-refractivity contribution < 1.29 is 13.9 Å². The number of pyridine rings is 1. The molecule has 2 amide bonds. The van der Waals surface area contributed by atoms with Crippen LogP contribution in [0.15, 0.2) is 12.3 Å². The Hall–Kier alpha value is -2.13. The molecule has 2 fully saturated rings. The van der Waals surface area contributed by atoms with Crippen molar-refractivity contribution >= 4 is 22.5 Å². The molecular weight excluding hydrogens is 369 g/mol. The van der Waals surface area contributed by atoms with Crippen LogP contribution in [0.3, 0.4) is 0 Å². The molecule has 2 atom stereocenters. The molecule has 0 aromatic carbocycles. The van der Waals surface area contributed by atoms with Crippen molar-refractivity contribution in [1.82, 2.24) is 20.1 Å². The minimum absolute atomic E-state index is 0.00378. The van der Waals surface area contributed by atoms with E-state index < -0.39 is 5.95 Å². The first-order chi connectivity index (χ1) is 13.2. The molecule has 0 aliphatic carbocycles. The highest BCUT2D eigenvalue weighted by atomic mass is 32.1. The monoisotopic (exact) mass is 389 g/mol. The normalized spacial score (nSPS) is 24.7. The molecule has 9 heteroatoms. The number of hydrogen-bond acceptors (Lipinski definition) is 6. The number of nitrogens with one attached hydrogen (secondary N) is 1. The van der Waals surface area contributed by atoms with Gasteiger partial charge in [0.1, 0.15) is 5.01 Å². The second-order valence-electron chi connectivity index (χ2n) is 7.29. The summed E-state index contributed by atoms with van der Waals surface area (Å²) in [6.45, 7) is 1.49. The Morgan fingerprint density at radius 3 is 2.96 bits per heavy atom.